The summed E-state index contributed by atoms with van der Waals surface area (Å²) in [5.74, 6) is 5.41. The van der Waals surface area contributed by atoms with Crippen molar-refractivity contribution in [2.75, 3.05) is 0 Å². The van der Waals surface area contributed by atoms with Gasteiger partial charge < -0.3 is 0 Å². The molecule has 64 valence electrons. The molecular formula is C9H11ClN2. The molecule has 0 saturated heterocycles. The first-order chi connectivity index (χ1) is 5.81. The van der Waals surface area contributed by atoms with Gasteiger partial charge in [-0.05, 0) is 36.1 Å². The number of hydrogen-bond donors (Lipinski definition) is 2. The molecule has 0 radical (unpaired) electrons. The minimum Gasteiger partial charge on any atom is -0.271 e. The summed E-state index contributed by atoms with van der Waals surface area (Å²) < 4.78 is 0. The Morgan fingerprint density at radius 1 is 1.50 bits per heavy atom. The lowest BCUT2D eigenvalue weighted by Gasteiger charge is -2.09. The molecule has 2 rings (SSSR count). The van der Waals surface area contributed by atoms with E-state index in [0.717, 1.165) is 17.9 Å². The Morgan fingerprint density at radius 3 is 3.08 bits per heavy atom. The molecule has 0 amide bonds. The van der Waals surface area contributed by atoms with Gasteiger partial charge in [0.05, 0.1) is 0 Å². The van der Waals surface area contributed by atoms with Gasteiger partial charge >= 0.3 is 0 Å². The normalized spacial score (nSPS) is 21.0. The zero-order chi connectivity index (χ0) is 8.55. The van der Waals surface area contributed by atoms with E-state index in [4.69, 9.17) is 17.4 Å². The van der Waals surface area contributed by atoms with E-state index in [2.05, 4.69) is 11.5 Å². The van der Waals surface area contributed by atoms with Crippen LogP contribution in [0.25, 0.3) is 0 Å². The lowest BCUT2D eigenvalue weighted by molar-refractivity contribution is 0.551. The highest BCUT2D eigenvalue weighted by molar-refractivity contribution is 6.30. The van der Waals surface area contributed by atoms with E-state index in [1.54, 1.807) is 0 Å². The van der Waals surface area contributed by atoms with Crippen LogP contribution < -0.4 is 11.3 Å². The van der Waals surface area contributed by atoms with Crippen molar-refractivity contribution in [2.45, 2.75) is 18.9 Å². The Balaban J connectivity index is 2.42. The summed E-state index contributed by atoms with van der Waals surface area (Å²) in [5.41, 5.74) is 5.41. The molecule has 1 unspecified atom stereocenters. The molecule has 1 aliphatic rings. The zero-order valence-electron chi connectivity index (χ0n) is 6.68. The van der Waals surface area contributed by atoms with Gasteiger partial charge in [0.15, 0.2) is 0 Å². The van der Waals surface area contributed by atoms with Gasteiger partial charge in [-0.1, -0.05) is 17.7 Å². The van der Waals surface area contributed by atoms with Gasteiger partial charge in [-0.2, -0.15) is 0 Å². The molecule has 0 saturated carbocycles. The van der Waals surface area contributed by atoms with Crippen LogP contribution in [0.15, 0.2) is 18.2 Å². The number of rotatable bonds is 1. The number of hydrazine groups is 1. The van der Waals surface area contributed by atoms with Crippen LogP contribution >= 0.6 is 11.6 Å². The fourth-order valence-corrected chi connectivity index (χ4v) is 1.93. The first-order valence-corrected chi connectivity index (χ1v) is 4.43. The Labute approximate surface area is 76.7 Å². The molecule has 0 heterocycles. The summed E-state index contributed by atoms with van der Waals surface area (Å²) in [6, 6.07) is 6.29. The predicted octanol–water partition coefficient (Wildman–Crippen LogP) is 1.79. The molecular weight excluding hydrogens is 172 g/mol. The van der Waals surface area contributed by atoms with Crippen molar-refractivity contribution in [2.24, 2.45) is 5.84 Å². The van der Waals surface area contributed by atoms with E-state index < -0.39 is 0 Å². The van der Waals surface area contributed by atoms with Crippen LogP contribution in [-0.4, -0.2) is 0 Å². The third-order valence-corrected chi connectivity index (χ3v) is 2.62. The van der Waals surface area contributed by atoms with Gasteiger partial charge in [0.2, 0.25) is 0 Å². The molecule has 1 atom stereocenters. The number of nitrogens with two attached hydrogens (primary N) is 1. The highest BCUT2D eigenvalue weighted by Crippen LogP contribution is 2.32. The summed E-state index contributed by atoms with van der Waals surface area (Å²) in [5, 5.41) is 0.788. The number of benzene rings is 1. The van der Waals surface area contributed by atoms with E-state index >= 15 is 0 Å². The van der Waals surface area contributed by atoms with Crippen LogP contribution in [0.4, 0.5) is 0 Å². The minimum atomic E-state index is 0.290. The van der Waals surface area contributed by atoms with Crippen molar-refractivity contribution in [3.05, 3.63) is 34.3 Å². The first-order valence-electron chi connectivity index (χ1n) is 4.05. The maximum Gasteiger partial charge on any atom is 0.0466 e. The SMILES string of the molecule is NNC1CCc2ccc(Cl)cc21. The van der Waals surface area contributed by atoms with Gasteiger partial charge in [-0.25, -0.2) is 0 Å². The van der Waals surface area contributed by atoms with Crippen molar-refractivity contribution in [1.29, 1.82) is 0 Å². The van der Waals surface area contributed by atoms with E-state index in [0.29, 0.717) is 6.04 Å². The smallest absolute Gasteiger partial charge is 0.0466 e. The molecule has 0 aromatic heterocycles. The van der Waals surface area contributed by atoms with E-state index in [1.807, 2.05) is 12.1 Å². The van der Waals surface area contributed by atoms with Gasteiger partial charge in [-0.3, -0.25) is 11.3 Å². The van der Waals surface area contributed by atoms with E-state index in [-0.39, 0.29) is 0 Å². The molecule has 0 bridgehead atoms. The van der Waals surface area contributed by atoms with Gasteiger partial charge in [0.1, 0.15) is 0 Å². The van der Waals surface area contributed by atoms with Crippen molar-refractivity contribution in [3.8, 4) is 0 Å². The molecule has 2 nitrogen and oxygen atoms in total. The van der Waals surface area contributed by atoms with Crippen molar-refractivity contribution in [3.63, 3.8) is 0 Å². The second-order valence-corrected chi connectivity index (χ2v) is 3.54. The van der Waals surface area contributed by atoms with Crippen LogP contribution in [0.2, 0.25) is 5.02 Å². The minimum absolute atomic E-state index is 0.290. The molecule has 0 fully saturated rings. The third kappa shape index (κ3) is 1.22. The Hall–Kier alpha value is -0.570. The monoisotopic (exact) mass is 182 g/mol. The molecule has 0 aliphatic heterocycles. The van der Waals surface area contributed by atoms with Crippen LogP contribution in [0.5, 0.6) is 0 Å². The predicted molar refractivity (Wildman–Crippen MR) is 49.8 cm³/mol. The lowest BCUT2D eigenvalue weighted by Crippen LogP contribution is -2.26. The van der Waals surface area contributed by atoms with Gasteiger partial charge in [0, 0.05) is 11.1 Å². The molecule has 1 aliphatic carbocycles. The maximum atomic E-state index is 5.88. The van der Waals surface area contributed by atoms with Crippen molar-refractivity contribution < 1.29 is 0 Å². The molecule has 1 aromatic rings. The first kappa shape index (κ1) is 8.05. The Bertz CT molecular complexity index is 299. The van der Waals surface area contributed by atoms with E-state index in [1.165, 1.54) is 11.1 Å². The van der Waals surface area contributed by atoms with Crippen LogP contribution in [-0.2, 0) is 6.42 Å². The fraction of sp³-hybridized carbons (Fsp3) is 0.333. The fourth-order valence-electron chi connectivity index (χ4n) is 1.75. The second kappa shape index (κ2) is 3.05. The molecule has 3 heteroatoms. The highest BCUT2D eigenvalue weighted by atomic mass is 35.5. The van der Waals surface area contributed by atoms with Gasteiger partial charge in [0.25, 0.3) is 0 Å². The average molecular weight is 183 g/mol. The standard InChI is InChI=1S/C9H11ClN2/c10-7-3-1-6-2-4-9(12-11)8(6)5-7/h1,3,5,9,12H,2,4,11H2. The maximum absolute atomic E-state index is 5.88. The number of fused-ring (bicyclic) bond motifs is 1. The molecule has 0 spiro atoms. The third-order valence-electron chi connectivity index (χ3n) is 2.39. The summed E-state index contributed by atoms with van der Waals surface area (Å²) in [7, 11) is 0. The highest BCUT2D eigenvalue weighted by Gasteiger charge is 2.20. The van der Waals surface area contributed by atoms with Crippen LogP contribution in [0.3, 0.4) is 0 Å². The largest absolute Gasteiger partial charge is 0.271 e. The summed E-state index contributed by atoms with van der Waals surface area (Å²) >= 11 is 5.88. The molecule has 12 heavy (non-hydrogen) atoms. The van der Waals surface area contributed by atoms with Crippen LogP contribution in [0.1, 0.15) is 23.6 Å². The summed E-state index contributed by atoms with van der Waals surface area (Å²) in [6.07, 6.45) is 2.17. The zero-order valence-corrected chi connectivity index (χ0v) is 7.43. The second-order valence-electron chi connectivity index (χ2n) is 3.10. The van der Waals surface area contributed by atoms with Crippen LogP contribution in [0, 0.1) is 0 Å². The molecule has 1 aromatic carbocycles. The number of halogens is 1. The van der Waals surface area contributed by atoms with Gasteiger partial charge in [-0.15, -0.1) is 0 Å². The average Bonchev–Trinajstić information content (AvgIpc) is 2.46. The topological polar surface area (TPSA) is 38.0 Å². The number of aryl methyl sites for hydroxylation is 1. The lowest BCUT2D eigenvalue weighted by atomic mass is 10.1. The van der Waals surface area contributed by atoms with Crippen molar-refractivity contribution in [1.82, 2.24) is 5.43 Å². The quantitative estimate of drug-likeness (QED) is 0.514. The Kier molecular flexibility index (Phi) is 2.05. The Morgan fingerprint density at radius 2 is 2.33 bits per heavy atom. The number of nitrogens with one attached hydrogen (secondary N) is 1. The summed E-state index contributed by atoms with van der Waals surface area (Å²) in [4.78, 5) is 0. The molecule has 3 N–H and O–H groups in total. The van der Waals surface area contributed by atoms with E-state index in [9.17, 15) is 0 Å². The summed E-state index contributed by atoms with van der Waals surface area (Å²) in [6.45, 7) is 0. The van der Waals surface area contributed by atoms with Crippen molar-refractivity contribution >= 4 is 11.6 Å². The number of hydrogen-bond acceptors (Lipinski definition) is 2.